The lowest BCUT2D eigenvalue weighted by Gasteiger charge is -2.24. The molecule has 5 heterocycles. The van der Waals surface area contributed by atoms with Crippen molar-refractivity contribution in [2.45, 2.75) is 71.1 Å². The van der Waals surface area contributed by atoms with Crippen molar-refractivity contribution in [1.82, 2.24) is 30.0 Å². The van der Waals surface area contributed by atoms with Crippen LogP contribution >= 0.6 is 0 Å². The average molecular weight is 670 g/mol. The van der Waals surface area contributed by atoms with Crippen LogP contribution in [0, 0.1) is 6.92 Å². The second-order valence-electron chi connectivity index (χ2n) is 12.7. The van der Waals surface area contributed by atoms with E-state index in [-0.39, 0.29) is 28.9 Å². The van der Waals surface area contributed by atoms with E-state index >= 15 is 0 Å². The van der Waals surface area contributed by atoms with E-state index in [1.807, 2.05) is 31.1 Å². The van der Waals surface area contributed by atoms with E-state index in [0.717, 1.165) is 56.5 Å². The van der Waals surface area contributed by atoms with Crippen LogP contribution in [0.3, 0.4) is 0 Å². The molecule has 2 aliphatic rings. The number of nitrogens with zero attached hydrogens (tertiary/aromatic N) is 7. The van der Waals surface area contributed by atoms with Crippen LogP contribution in [-0.4, -0.2) is 76.3 Å². The van der Waals surface area contributed by atoms with Crippen molar-refractivity contribution in [2.24, 2.45) is 0 Å². The average Bonchev–Trinajstić information content (AvgIpc) is 3.64. The van der Waals surface area contributed by atoms with Crippen LogP contribution in [0.4, 0.5) is 23.3 Å². The highest BCUT2D eigenvalue weighted by Crippen LogP contribution is 2.32. The second kappa shape index (κ2) is 15.1. The van der Waals surface area contributed by atoms with Crippen molar-refractivity contribution in [3.8, 4) is 0 Å². The quantitative estimate of drug-likeness (QED) is 0.158. The molecule has 1 saturated carbocycles. The Hall–Kier alpha value is -4.95. The Morgan fingerprint density at radius 1 is 0.959 bits per heavy atom. The summed E-state index contributed by atoms with van der Waals surface area (Å²) in [6, 6.07) is 7.34. The van der Waals surface area contributed by atoms with E-state index in [9.17, 15) is 14.4 Å². The number of rotatable bonds is 12. The van der Waals surface area contributed by atoms with Gasteiger partial charge in [0.05, 0.1) is 23.0 Å². The number of hydrogen-bond donors (Lipinski definition) is 2. The van der Waals surface area contributed by atoms with E-state index in [2.05, 4.69) is 30.6 Å². The van der Waals surface area contributed by atoms with Gasteiger partial charge in [0.1, 0.15) is 17.3 Å². The SMILES string of the molecule is CC(=O)c1c(C)c2cnc(Nc3ccc(N(C)CCN(C)c4ccc(C(=O)NOC5CCCCO5)cn4)cn3)nc2n(C2CCCC2)c1=O. The third-order valence-electron chi connectivity index (χ3n) is 9.27. The van der Waals surface area contributed by atoms with Crippen LogP contribution in [0.15, 0.2) is 47.7 Å². The molecule has 1 unspecified atom stereocenters. The van der Waals surface area contributed by atoms with Gasteiger partial charge in [0.25, 0.3) is 11.5 Å². The maximum absolute atomic E-state index is 13.5. The van der Waals surface area contributed by atoms with Gasteiger partial charge in [0.15, 0.2) is 12.1 Å². The Labute approximate surface area is 284 Å². The molecule has 1 atom stereocenters. The number of pyridine rings is 3. The molecule has 1 aliphatic heterocycles. The molecular weight excluding hydrogens is 626 g/mol. The zero-order valence-corrected chi connectivity index (χ0v) is 28.4. The fraction of sp³-hybridized carbons (Fsp3) is 0.457. The molecule has 1 saturated heterocycles. The summed E-state index contributed by atoms with van der Waals surface area (Å²) in [5.41, 5.74) is 4.85. The zero-order valence-electron chi connectivity index (χ0n) is 28.4. The number of ether oxygens (including phenoxy) is 1. The van der Waals surface area contributed by atoms with Gasteiger partial charge in [-0.25, -0.2) is 25.3 Å². The first-order chi connectivity index (χ1) is 23.7. The molecule has 4 aromatic heterocycles. The molecule has 0 radical (unpaired) electrons. The Balaban J connectivity index is 1.06. The number of nitrogens with one attached hydrogen (secondary N) is 2. The molecule has 14 nitrogen and oxygen atoms in total. The first-order valence-corrected chi connectivity index (χ1v) is 16.8. The summed E-state index contributed by atoms with van der Waals surface area (Å²) in [4.78, 5) is 66.1. The molecule has 258 valence electrons. The van der Waals surface area contributed by atoms with E-state index in [0.29, 0.717) is 53.6 Å². The number of carbonyl (C=O) groups is 2. The molecule has 1 aliphatic carbocycles. The fourth-order valence-corrected chi connectivity index (χ4v) is 6.38. The van der Waals surface area contributed by atoms with Crippen molar-refractivity contribution >= 4 is 46.0 Å². The van der Waals surface area contributed by atoms with Crippen molar-refractivity contribution in [1.29, 1.82) is 0 Å². The minimum Gasteiger partial charge on any atom is -0.372 e. The predicted molar refractivity (Wildman–Crippen MR) is 186 cm³/mol. The van der Waals surface area contributed by atoms with Gasteiger partial charge in [-0.05, 0) is 69.4 Å². The standard InChI is InChI=1S/C35H43N9O5/c1-22-27-21-38-35(40-32(27)44(25-9-5-6-10-25)34(47)31(22)23(2)45)39-28-14-13-26(20-36-28)42(3)16-17-43(4)29-15-12-24(19-37-29)33(46)41-49-30-11-7-8-18-48-30/h12-15,19-21,25,30H,5-11,16-18H2,1-4H3,(H,41,46)(H,36,38,39,40). The predicted octanol–water partition coefficient (Wildman–Crippen LogP) is 4.71. The molecule has 14 heteroatoms. The van der Waals surface area contributed by atoms with Gasteiger partial charge in [-0.3, -0.25) is 19.0 Å². The Morgan fingerprint density at radius 3 is 2.41 bits per heavy atom. The maximum Gasteiger partial charge on any atom is 0.276 e. The van der Waals surface area contributed by atoms with E-state index in [1.54, 1.807) is 36.0 Å². The van der Waals surface area contributed by atoms with Gasteiger partial charge in [-0.2, -0.15) is 4.98 Å². The van der Waals surface area contributed by atoms with Crippen molar-refractivity contribution in [2.75, 3.05) is 48.9 Å². The fourth-order valence-electron chi connectivity index (χ4n) is 6.38. The third kappa shape index (κ3) is 7.70. The Kier molecular flexibility index (Phi) is 10.4. The summed E-state index contributed by atoms with van der Waals surface area (Å²) in [6.07, 6.45) is 11.2. The lowest BCUT2D eigenvalue weighted by atomic mass is 10.0. The number of amides is 1. The molecule has 4 aromatic rings. The molecule has 2 fully saturated rings. The van der Waals surface area contributed by atoms with Crippen LogP contribution in [0.2, 0.25) is 0 Å². The summed E-state index contributed by atoms with van der Waals surface area (Å²) < 4.78 is 7.18. The zero-order chi connectivity index (χ0) is 34.5. The summed E-state index contributed by atoms with van der Waals surface area (Å²) in [5, 5.41) is 3.87. The number of Topliss-reactive ketones (excluding diaryl/α,β-unsaturated/α-hetero) is 1. The molecule has 1 amide bonds. The topological polar surface area (TPSA) is 157 Å². The van der Waals surface area contributed by atoms with Crippen LogP contribution in [0.5, 0.6) is 0 Å². The Morgan fingerprint density at radius 2 is 1.73 bits per heavy atom. The van der Waals surface area contributed by atoms with Crippen molar-refractivity contribution in [3.05, 3.63) is 69.9 Å². The number of likely N-dealkylation sites (N-methyl/N-ethyl adjacent to an activating group) is 2. The van der Waals surface area contributed by atoms with Crippen LogP contribution in [0.25, 0.3) is 11.0 Å². The molecular formula is C35H43N9O5. The van der Waals surface area contributed by atoms with Crippen molar-refractivity contribution in [3.63, 3.8) is 0 Å². The molecule has 0 bridgehead atoms. The highest BCUT2D eigenvalue weighted by Gasteiger charge is 2.26. The minimum atomic E-state index is -0.411. The molecule has 49 heavy (non-hydrogen) atoms. The number of fused-ring (bicyclic) bond motifs is 1. The monoisotopic (exact) mass is 669 g/mol. The molecule has 0 spiro atoms. The summed E-state index contributed by atoms with van der Waals surface area (Å²) in [6.45, 7) is 5.22. The second-order valence-corrected chi connectivity index (χ2v) is 12.7. The smallest absolute Gasteiger partial charge is 0.276 e. The molecule has 0 aromatic carbocycles. The van der Waals surface area contributed by atoms with Crippen LogP contribution in [-0.2, 0) is 9.57 Å². The van der Waals surface area contributed by atoms with Gasteiger partial charge in [0, 0.05) is 64.0 Å². The van der Waals surface area contributed by atoms with E-state index in [1.165, 1.54) is 13.1 Å². The minimum absolute atomic E-state index is 0.00629. The highest BCUT2D eigenvalue weighted by molar-refractivity contribution is 5.99. The van der Waals surface area contributed by atoms with Gasteiger partial charge >= 0.3 is 0 Å². The Bertz CT molecular complexity index is 1850. The number of aromatic nitrogens is 5. The van der Waals surface area contributed by atoms with Gasteiger partial charge in [-0.15, -0.1) is 0 Å². The summed E-state index contributed by atoms with van der Waals surface area (Å²) >= 11 is 0. The largest absolute Gasteiger partial charge is 0.372 e. The number of ketones is 1. The number of anilines is 4. The number of hydrogen-bond acceptors (Lipinski definition) is 12. The lowest BCUT2D eigenvalue weighted by Crippen LogP contribution is -2.33. The third-order valence-corrected chi connectivity index (χ3v) is 9.27. The highest BCUT2D eigenvalue weighted by atomic mass is 16.8. The summed E-state index contributed by atoms with van der Waals surface area (Å²) in [5.74, 6) is 1.01. The van der Waals surface area contributed by atoms with Gasteiger partial charge < -0.3 is 19.9 Å². The van der Waals surface area contributed by atoms with Gasteiger partial charge in [0.2, 0.25) is 5.95 Å². The number of aryl methyl sites for hydroxylation is 1. The number of carbonyl (C=O) groups excluding carboxylic acids is 2. The van der Waals surface area contributed by atoms with Crippen LogP contribution in [0.1, 0.15) is 84.2 Å². The normalized spacial score (nSPS) is 16.4. The van der Waals surface area contributed by atoms with Gasteiger partial charge in [-0.1, -0.05) is 12.8 Å². The summed E-state index contributed by atoms with van der Waals surface area (Å²) in [7, 11) is 3.93. The number of hydroxylamine groups is 1. The first kappa shape index (κ1) is 33.9. The van der Waals surface area contributed by atoms with E-state index < -0.39 is 6.29 Å². The molecule has 6 rings (SSSR count). The van der Waals surface area contributed by atoms with E-state index in [4.69, 9.17) is 14.6 Å². The van der Waals surface area contributed by atoms with Crippen molar-refractivity contribution < 1.29 is 19.2 Å². The first-order valence-electron chi connectivity index (χ1n) is 16.8. The molecule has 2 N–H and O–H groups in total. The maximum atomic E-state index is 13.5. The van der Waals surface area contributed by atoms with Crippen LogP contribution < -0.4 is 26.2 Å². The lowest BCUT2D eigenvalue weighted by molar-refractivity contribution is -0.186.